The Hall–Kier alpha value is -1.40. The minimum Gasteiger partial charge on any atom is -0.368 e. The third-order valence-electron chi connectivity index (χ3n) is 5.63. The highest BCUT2D eigenvalue weighted by Gasteiger charge is 2.33. The maximum absolute atomic E-state index is 6.10. The number of thiophene rings is 1. The lowest BCUT2D eigenvalue weighted by Crippen LogP contribution is -2.27. The van der Waals surface area contributed by atoms with Crippen molar-refractivity contribution < 1.29 is 0 Å². The van der Waals surface area contributed by atoms with E-state index in [1.54, 1.807) is 0 Å². The molecule has 2 aromatic heterocycles. The van der Waals surface area contributed by atoms with Crippen LogP contribution in [0, 0.1) is 11.3 Å². The second-order valence-corrected chi connectivity index (χ2v) is 9.49. The lowest BCUT2D eigenvalue weighted by Gasteiger charge is -2.33. The zero-order valence-electron chi connectivity index (χ0n) is 14.8. The van der Waals surface area contributed by atoms with Crippen LogP contribution in [0.3, 0.4) is 0 Å². The van der Waals surface area contributed by atoms with Crippen molar-refractivity contribution in [2.75, 3.05) is 23.7 Å². The Morgan fingerprint density at radius 3 is 2.67 bits per heavy atom. The number of anilines is 2. The average molecular weight is 346 g/mol. The van der Waals surface area contributed by atoms with Crippen LogP contribution >= 0.6 is 11.3 Å². The van der Waals surface area contributed by atoms with Gasteiger partial charge in [-0.15, -0.1) is 11.3 Å². The molecular formula is C18H27N5S. The van der Waals surface area contributed by atoms with Gasteiger partial charge < -0.3 is 16.4 Å². The number of aromatic nitrogens is 2. The highest BCUT2D eigenvalue weighted by atomic mass is 32.1. The summed E-state index contributed by atoms with van der Waals surface area (Å²) < 4.78 is 1.21. The van der Waals surface area contributed by atoms with Gasteiger partial charge in [-0.05, 0) is 42.6 Å². The lowest BCUT2D eigenvalue weighted by molar-refractivity contribution is 0.217. The molecule has 1 aliphatic heterocycles. The maximum atomic E-state index is 6.10. The monoisotopic (exact) mass is 345 g/mol. The smallest absolute Gasteiger partial charge is 0.222 e. The van der Waals surface area contributed by atoms with Crippen LogP contribution in [0.5, 0.6) is 0 Å². The van der Waals surface area contributed by atoms with Crippen LogP contribution in [0.1, 0.15) is 44.1 Å². The summed E-state index contributed by atoms with van der Waals surface area (Å²) in [6.07, 6.45) is 4.53. The molecule has 1 saturated heterocycles. The fourth-order valence-electron chi connectivity index (χ4n) is 4.07. The predicted molar refractivity (Wildman–Crippen MR) is 102 cm³/mol. The van der Waals surface area contributed by atoms with Crippen molar-refractivity contribution in [3.05, 3.63) is 10.4 Å². The third kappa shape index (κ3) is 2.65. The number of hydrogen-bond donors (Lipinski definition) is 2. The molecule has 2 aliphatic rings. The molecule has 6 heteroatoms. The Bertz CT molecular complexity index is 776. The van der Waals surface area contributed by atoms with Crippen molar-refractivity contribution in [1.29, 1.82) is 0 Å². The van der Waals surface area contributed by atoms with Gasteiger partial charge in [-0.2, -0.15) is 4.98 Å². The van der Waals surface area contributed by atoms with Crippen LogP contribution in [-0.2, 0) is 12.8 Å². The van der Waals surface area contributed by atoms with Gasteiger partial charge in [0.05, 0.1) is 10.2 Å². The number of fused-ring (bicyclic) bond motifs is 3. The van der Waals surface area contributed by atoms with Gasteiger partial charge in [0, 0.05) is 24.0 Å². The van der Waals surface area contributed by atoms with E-state index >= 15 is 0 Å². The summed E-state index contributed by atoms with van der Waals surface area (Å²) in [5, 5.41) is 0. The van der Waals surface area contributed by atoms with Crippen LogP contribution in [0.15, 0.2) is 0 Å². The summed E-state index contributed by atoms with van der Waals surface area (Å²) in [5.74, 6) is 2.08. The Balaban J connectivity index is 1.80. The Kier molecular flexibility index (Phi) is 3.73. The van der Waals surface area contributed by atoms with E-state index in [0.717, 1.165) is 43.7 Å². The van der Waals surface area contributed by atoms with E-state index in [2.05, 4.69) is 35.6 Å². The zero-order chi connectivity index (χ0) is 17.1. The fourth-order valence-corrected chi connectivity index (χ4v) is 5.37. The van der Waals surface area contributed by atoms with Crippen molar-refractivity contribution in [2.24, 2.45) is 17.1 Å². The molecule has 1 fully saturated rings. The van der Waals surface area contributed by atoms with Gasteiger partial charge in [-0.1, -0.05) is 20.8 Å². The topological polar surface area (TPSA) is 81.1 Å². The first-order chi connectivity index (χ1) is 11.3. The van der Waals surface area contributed by atoms with Crippen molar-refractivity contribution in [3.8, 4) is 0 Å². The van der Waals surface area contributed by atoms with E-state index in [4.69, 9.17) is 11.5 Å². The van der Waals surface area contributed by atoms with Gasteiger partial charge in [0.2, 0.25) is 5.95 Å². The molecule has 0 amide bonds. The predicted octanol–water partition coefficient (Wildman–Crippen LogP) is 2.96. The second kappa shape index (κ2) is 5.56. The molecule has 1 aliphatic carbocycles. The molecule has 24 heavy (non-hydrogen) atoms. The first-order valence-corrected chi connectivity index (χ1v) is 9.73. The molecule has 0 bridgehead atoms. The van der Waals surface area contributed by atoms with E-state index in [-0.39, 0.29) is 6.04 Å². The van der Waals surface area contributed by atoms with Crippen LogP contribution in [0.4, 0.5) is 11.8 Å². The van der Waals surface area contributed by atoms with E-state index in [1.165, 1.54) is 21.6 Å². The molecular weight excluding hydrogens is 318 g/mol. The van der Waals surface area contributed by atoms with E-state index in [0.29, 0.717) is 17.3 Å². The second-order valence-electron chi connectivity index (χ2n) is 8.39. The third-order valence-corrected chi connectivity index (χ3v) is 6.91. The number of nitrogen functional groups attached to an aromatic ring is 1. The Morgan fingerprint density at radius 2 is 2.00 bits per heavy atom. The standard InChI is InChI=1S/C18H27N5S/c1-18(2,3)10-4-5-13-12(8-10)14-15(24-13)16(22-17(20)21-14)23-7-6-11(19)9-23/h10-11H,4-9,19H2,1-3H3,(H2,20,21,22)/t10?,11-/m1/s1. The summed E-state index contributed by atoms with van der Waals surface area (Å²) in [6.45, 7) is 8.85. The quantitative estimate of drug-likeness (QED) is 0.830. The van der Waals surface area contributed by atoms with Crippen molar-refractivity contribution in [3.63, 3.8) is 0 Å². The van der Waals surface area contributed by atoms with Gasteiger partial charge in [-0.3, -0.25) is 0 Å². The fraction of sp³-hybridized carbons (Fsp3) is 0.667. The largest absolute Gasteiger partial charge is 0.368 e. The van der Waals surface area contributed by atoms with Crippen molar-refractivity contribution in [2.45, 2.75) is 52.5 Å². The molecule has 130 valence electrons. The van der Waals surface area contributed by atoms with Crippen LogP contribution < -0.4 is 16.4 Å². The van der Waals surface area contributed by atoms with Gasteiger partial charge >= 0.3 is 0 Å². The van der Waals surface area contributed by atoms with Gasteiger partial charge in [0.15, 0.2) is 5.82 Å². The minimum absolute atomic E-state index is 0.232. The molecule has 4 N–H and O–H groups in total. The summed E-state index contributed by atoms with van der Waals surface area (Å²) in [4.78, 5) is 13.0. The van der Waals surface area contributed by atoms with Crippen LogP contribution in [-0.4, -0.2) is 29.1 Å². The van der Waals surface area contributed by atoms with Crippen molar-refractivity contribution >= 4 is 33.3 Å². The summed E-state index contributed by atoms with van der Waals surface area (Å²) in [7, 11) is 0. The number of rotatable bonds is 1. The maximum Gasteiger partial charge on any atom is 0.222 e. The highest BCUT2D eigenvalue weighted by Crippen LogP contribution is 2.45. The average Bonchev–Trinajstić information content (AvgIpc) is 3.09. The minimum atomic E-state index is 0.232. The molecule has 1 unspecified atom stereocenters. The number of hydrogen-bond acceptors (Lipinski definition) is 6. The molecule has 3 heterocycles. The SMILES string of the molecule is CC(C)(C)C1CCc2sc3c(N4CC[C@@H](N)C4)nc(N)nc3c2C1. The van der Waals surface area contributed by atoms with Gasteiger partial charge in [0.25, 0.3) is 0 Å². The normalized spacial score (nSPS) is 24.6. The molecule has 0 saturated carbocycles. The molecule has 5 nitrogen and oxygen atoms in total. The van der Waals surface area contributed by atoms with Crippen LogP contribution in [0.25, 0.3) is 10.2 Å². The lowest BCUT2D eigenvalue weighted by atomic mass is 9.72. The molecule has 2 atom stereocenters. The number of nitrogens with two attached hydrogens (primary N) is 2. The number of nitrogens with zero attached hydrogens (tertiary/aromatic N) is 3. The van der Waals surface area contributed by atoms with E-state index in [9.17, 15) is 0 Å². The first-order valence-electron chi connectivity index (χ1n) is 8.91. The summed E-state index contributed by atoms with van der Waals surface area (Å²) in [5.41, 5.74) is 15.0. The Morgan fingerprint density at radius 1 is 1.21 bits per heavy atom. The van der Waals surface area contributed by atoms with E-state index < -0.39 is 0 Å². The van der Waals surface area contributed by atoms with Crippen LogP contribution in [0.2, 0.25) is 0 Å². The highest BCUT2D eigenvalue weighted by molar-refractivity contribution is 7.19. The molecule has 0 spiro atoms. The van der Waals surface area contributed by atoms with Crippen molar-refractivity contribution in [1.82, 2.24) is 9.97 Å². The zero-order valence-corrected chi connectivity index (χ0v) is 15.6. The molecule has 0 radical (unpaired) electrons. The molecule has 4 rings (SSSR count). The Labute approximate surface area is 147 Å². The van der Waals surface area contributed by atoms with Gasteiger partial charge in [-0.25, -0.2) is 4.98 Å². The molecule has 0 aromatic carbocycles. The first kappa shape index (κ1) is 16.1. The van der Waals surface area contributed by atoms with E-state index in [1.807, 2.05) is 11.3 Å². The number of aryl methyl sites for hydroxylation is 1. The summed E-state index contributed by atoms with van der Waals surface area (Å²) >= 11 is 1.87. The molecule has 2 aromatic rings. The van der Waals surface area contributed by atoms with Gasteiger partial charge in [0.1, 0.15) is 0 Å². The summed E-state index contributed by atoms with van der Waals surface area (Å²) in [6, 6.07) is 0.232.